The van der Waals surface area contributed by atoms with Gasteiger partial charge < -0.3 is 15.7 Å². The van der Waals surface area contributed by atoms with Crippen LogP contribution in [0.2, 0.25) is 0 Å². The molecule has 98 valence electrons. The van der Waals surface area contributed by atoms with Gasteiger partial charge in [0.1, 0.15) is 5.75 Å². The summed E-state index contributed by atoms with van der Waals surface area (Å²) in [4.78, 5) is 14.2. The number of amides is 1. The third-order valence-corrected chi connectivity index (χ3v) is 3.60. The minimum atomic E-state index is -0.0274. The van der Waals surface area contributed by atoms with E-state index in [4.69, 9.17) is 5.73 Å². The highest BCUT2D eigenvalue weighted by molar-refractivity contribution is 5.95. The number of phenols is 1. The van der Waals surface area contributed by atoms with Crippen LogP contribution in [0, 0.1) is 6.92 Å². The number of carbonyl (C=O) groups is 1. The normalized spacial score (nSPS) is 15.2. The quantitative estimate of drug-likeness (QED) is 0.851. The van der Waals surface area contributed by atoms with Gasteiger partial charge in [0.25, 0.3) is 5.91 Å². The van der Waals surface area contributed by atoms with Crippen molar-refractivity contribution in [3.8, 4) is 5.75 Å². The fourth-order valence-electron chi connectivity index (χ4n) is 2.20. The van der Waals surface area contributed by atoms with Crippen molar-refractivity contribution < 1.29 is 9.90 Å². The molecule has 1 aromatic carbocycles. The van der Waals surface area contributed by atoms with Gasteiger partial charge in [0.05, 0.1) is 0 Å². The SMILES string of the molecule is Cc1ccc(C(=O)N(CCN)C2CCC2)cc1O. The third-order valence-electron chi connectivity index (χ3n) is 3.60. The zero-order valence-electron chi connectivity index (χ0n) is 10.7. The number of rotatable bonds is 4. The molecular formula is C14H20N2O2. The molecule has 0 spiro atoms. The summed E-state index contributed by atoms with van der Waals surface area (Å²) in [6.45, 7) is 2.87. The number of nitrogens with two attached hydrogens (primary N) is 1. The molecule has 1 saturated carbocycles. The van der Waals surface area contributed by atoms with Crippen molar-refractivity contribution in [2.24, 2.45) is 5.73 Å². The average Bonchev–Trinajstić information content (AvgIpc) is 2.29. The molecule has 1 fully saturated rings. The summed E-state index contributed by atoms with van der Waals surface area (Å²) in [6, 6.07) is 5.40. The van der Waals surface area contributed by atoms with Gasteiger partial charge in [0.15, 0.2) is 0 Å². The fraction of sp³-hybridized carbons (Fsp3) is 0.500. The smallest absolute Gasteiger partial charge is 0.254 e. The number of benzene rings is 1. The topological polar surface area (TPSA) is 66.6 Å². The molecule has 3 N–H and O–H groups in total. The van der Waals surface area contributed by atoms with E-state index in [1.54, 1.807) is 18.2 Å². The number of aromatic hydroxyl groups is 1. The molecule has 1 aliphatic carbocycles. The van der Waals surface area contributed by atoms with E-state index >= 15 is 0 Å². The van der Waals surface area contributed by atoms with E-state index in [1.807, 2.05) is 11.8 Å². The summed E-state index contributed by atoms with van der Waals surface area (Å²) in [6.07, 6.45) is 3.30. The first kappa shape index (κ1) is 12.9. The molecular weight excluding hydrogens is 228 g/mol. The lowest BCUT2D eigenvalue weighted by molar-refractivity contribution is 0.0588. The van der Waals surface area contributed by atoms with Crippen LogP contribution < -0.4 is 5.73 Å². The predicted molar refractivity (Wildman–Crippen MR) is 70.6 cm³/mol. The Kier molecular flexibility index (Phi) is 3.87. The van der Waals surface area contributed by atoms with Crippen LogP contribution in [0.4, 0.5) is 0 Å². The van der Waals surface area contributed by atoms with Gasteiger partial charge in [0, 0.05) is 24.7 Å². The molecule has 2 rings (SSSR count). The van der Waals surface area contributed by atoms with Crippen LogP contribution in [-0.4, -0.2) is 35.0 Å². The second-order valence-corrected chi connectivity index (χ2v) is 4.87. The zero-order valence-corrected chi connectivity index (χ0v) is 10.7. The number of hydrogen-bond acceptors (Lipinski definition) is 3. The first-order chi connectivity index (χ1) is 8.63. The minimum Gasteiger partial charge on any atom is -0.508 e. The number of phenolic OH excluding ortho intramolecular Hbond substituents is 1. The number of aryl methyl sites for hydroxylation is 1. The van der Waals surface area contributed by atoms with Crippen molar-refractivity contribution in [2.45, 2.75) is 32.2 Å². The molecule has 1 aromatic rings. The number of carbonyl (C=O) groups excluding carboxylic acids is 1. The van der Waals surface area contributed by atoms with Crippen LogP contribution in [0.3, 0.4) is 0 Å². The summed E-state index contributed by atoms with van der Waals surface area (Å²) < 4.78 is 0. The van der Waals surface area contributed by atoms with Gasteiger partial charge in [-0.05, 0) is 43.9 Å². The highest BCUT2D eigenvalue weighted by Gasteiger charge is 2.28. The van der Waals surface area contributed by atoms with E-state index in [1.165, 1.54) is 6.42 Å². The van der Waals surface area contributed by atoms with Gasteiger partial charge in [-0.1, -0.05) is 6.07 Å². The maximum Gasteiger partial charge on any atom is 0.254 e. The summed E-state index contributed by atoms with van der Waals surface area (Å²) in [5.41, 5.74) is 6.89. The summed E-state index contributed by atoms with van der Waals surface area (Å²) in [5, 5.41) is 9.68. The minimum absolute atomic E-state index is 0.0274. The zero-order chi connectivity index (χ0) is 13.1. The Balaban J connectivity index is 2.18. The molecule has 0 saturated heterocycles. The Bertz CT molecular complexity index is 441. The van der Waals surface area contributed by atoms with Crippen molar-refractivity contribution in [3.63, 3.8) is 0 Å². The van der Waals surface area contributed by atoms with Gasteiger partial charge in [-0.3, -0.25) is 4.79 Å². The lowest BCUT2D eigenvalue weighted by Crippen LogP contribution is -2.46. The molecule has 0 unspecified atom stereocenters. The van der Waals surface area contributed by atoms with Gasteiger partial charge in [-0.25, -0.2) is 0 Å². The van der Waals surface area contributed by atoms with E-state index in [0.717, 1.165) is 18.4 Å². The molecule has 18 heavy (non-hydrogen) atoms. The predicted octanol–water partition coefficient (Wildman–Crippen LogP) is 1.65. The van der Waals surface area contributed by atoms with Crippen molar-refractivity contribution >= 4 is 5.91 Å². The largest absolute Gasteiger partial charge is 0.508 e. The average molecular weight is 248 g/mol. The highest BCUT2D eigenvalue weighted by Crippen LogP contribution is 2.27. The molecule has 0 aromatic heterocycles. The molecule has 0 radical (unpaired) electrons. The van der Waals surface area contributed by atoms with Crippen molar-refractivity contribution in [1.29, 1.82) is 0 Å². The second kappa shape index (κ2) is 5.40. The Labute approximate surface area is 107 Å². The molecule has 0 heterocycles. The van der Waals surface area contributed by atoms with E-state index in [0.29, 0.717) is 24.7 Å². The molecule has 4 heteroatoms. The summed E-state index contributed by atoms with van der Waals surface area (Å²) in [5.74, 6) is 0.141. The fourth-order valence-corrected chi connectivity index (χ4v) is 2.20. The van der Waals surface area contributed by atoms with Gasteiger partial charge in [-0.2, -0.15) is 0 Å². The van der Waals surface area contributed by atoms with Crippen LogP contribution in [0.25, 0.3) is 0 Å². The summed E-state index contributed by atoms with van der Waals surface area (Å²) >= 11 is 0. The monoisotopic (exact) mass is 248 g/mol. The van der Waals surface area contributed by atoms with E-state index in [2.05, 4.69) is 0 Å². The number of nitrogens with zero attached hydrogens (tertiary/aromatic N) is 1. The maximum absolute atomic E-state index is 12.4. The Morgan fingerprint density at radius 3 is 2.72 bits per heavy atom. The van der Waals surface area contributed by atoms with Crippen molar-refractivity contribution in [3.05, 3.63) is 29.3 Å². The first-order valence-corrected chi connectivity index (χ1v) is 6.44. The molecule has 0 bridgehead atoms. The van der Waals surface area contributed by atoms with Gasteiger partial charge in [0.2, 0.25) is 0 Å². The Morgan fingerprint density at radius 2 is 2.22 bits per heavy atom. The van der Waals surface area contributed by atoms with E-state index in [9.17, 15) is 9.90 Å². The van der Waals surface area contributed by atoms with Crippen LogP contribution >= 0.6 is 0 Å². The van der Waals surface area contributed by atoms with E-state index in [-0.39, 0.29) is 11.7 Å². The molecule has 1 aliphatic rings. The highest BCUT2D eigenvalue weighted by atomic mass is 16.3. The number of hydrogen-bond donors (Lipinski definition) is 2. The van der Waals surface area contributed by atoms with E-state index < -0.39 is 0 Å². The lowest BCUT2D eigenvalue weighted by Gasteiger charge is -2.37. The lowest BCUT2D eigenvalue weighted by atomic mass is 9.91. The molecule has 1 amide bonds. The first-order valence-electron chi connectivity index (χ1n) is 6.44. The standard InChI is InChI=1S/C14H20N2O2/c1-10-5-6-11(9-13(10)17)14(18)16(8-7-15)12-3-2-4-12/h5-6,9,12,17H,2-4,7-8,15H2,1H3. The van der Waals surface area contributed by atoms with Crippen LogP contribution in [0.5, 0.6) is 5.75 Å². The van der Waals surface area contributed by atoms with Gasteiger partial charge >= 0.3 is 0 Å². The van der Waals surface area contributed by atoms with Crippen LogP contribution in [0.1, 0.15) is 35.2 Å². The molecule has 0 atom stereocenters. The Hall–Kier alpha value is -1.55. The third kappa shape index (κ3) is 2.48. The van der Waals surface area contributed by atoms with Gasteiger partial charge in [-0.15, -0.1) is 0 Å². The maximum atomic E-state index is 12.4. The van der Waals surface area contributed by atoms with Crippen molar-refractivity contribution in [2.75, 3.05) is 13.1 Å². The Morgan fingerprint density at radius 1 is 1.50 bits per heavy atom. The second-order valence-electron chi connectivity index (χ2n) is 4.87. The molecule has 4 nitrogen and oxygen atoms in total. The van der Waals surface area contributed by atoms with Crippen molar-refractivity contribution in [1.82, 2.24) is 4.90 Å². The van der Waals surface area contributed by atoms with Crippen LogP contribution in [0.15, 0.2) is 18.2 Å². The van der Waals surface area contributed by atoms with Crippen LogP contribution in [-0.2, 0) is 0 Å². The molecule has 0 aliphatic heterocycles. The summed E-state index contributed by atoms with van der Waals surface area (Å²) in [7, 11) is 0.